The fraction of sp³-hybridized carbons (Fsp3) is 0.312. The smallest absolute Gasteiger partial charge is 0.257 e. The van der Waals surface area contributed by atoms with Gasteiger partial charge in [-0.05, 0) is 55.7 Å². The minimum atomic E-state index is -0.349. The Morgan fingerprint density at radius 2 is 1.93 bits per heavy atom. The molecule has 11 nitrogen and oxygen atoms in total. The number of aromatic nitrogens is 4. The van der Waals surface area contributed by atoms with E-state index >= 15 is 0 Å². The van der Waals surface area contributed by atoms with Gasteiger partial charge in [0, 0.05) is 43.4 Å². The molecular formula is C32H31N7O4S. The predicted octanol–water partition coefficient (Wildman–Crippen LogP) is 3.69. The van der Waals surface area contributed by atoms with Gasteiger partial charge >= 0.3 is 0 Å². The number of likely N-dealkylation sites (tertiary alicyclic amines) is 1. The average molecular weight is 610 g/mol. The zero-order valence-electron chi connectivity index (χ0n) is 24.2. The van der Waals surface area contributed by atoms with E-state index in [1.165, 1.54) is 11.3 Å². The maximum absolute atomic E-state index is 13.8. The molecule has 44 heavy (non-hydrogen) atoms. The fourth-order valence-corrected chi connectivity index (χ4v) is 6.82. The van der Waals surface area contributed by atoms with Crippen LogP contribution in [0.25, 0.3) is 15.9 Å². The number of fused-ring (bicyclic) bond motifs is 6. The lowest BCUT2D eigenvalue weighted by Gasteiger charge is -2.26. The molecule has 2 atom stereocenters. The summed E-state index contributed by atoms with van der Waals surface area (Å²) in [6.45, 7) is 3.35. The highest BCUT2D eigenvalue weighted by Crippen LogP contribution is 2.32. The van der Waals surface area contributed by atoms with Crippen LogP contribution in [-0.4, -0.2) is 85.9 Å². The minimum Gasteiger partial charge on any atom is -0.494 e. The maximum atomic E-state index is 13.8. The molecule has 12 heteroatoms. The first-order valence-electron chi connectivity index (χ1n) is 14.7. The van der Waals surface area contributed by atoms with E-state index < -0.39 is 0 Å². The van der Waals surface area contributed by atoms with E-state index in [0.29, 0.717) is 61.6 Å². The Morgan fingerprint density at radius 3 is 2.84 bits per heavy atom. The summed E-state index contributed by atoms with van der Waals surface area (Å²) in [7, 11) is 0. The Kier molecular flexibility index (Phi) is 7.42. The van der Waals surface area contributed by atoms with Crippen molar-refractivity contribution >= 4 is 44.9 Å². The van der Waals surface area contributed by atoms with E-state index in [2.05, 4.69) is 20.4 Å². The van der Waals surface area contributed by atoms with Crippen molar-refractivity contribution in [1.29, 1.82) is 0 Å². The number of nitrogens with zero attached hydrogens (tertiary/aromatic N) is 6. The normalized spacial score (nSPS) is 19.3. The second kappa shape index (κ2) is 11.7. The molecule has 3 amide bonds. The number of amides is 3. The van der Waals surface area contributed by atoms with Gasteiger partial charge in [-0.1, -0.05) is 12.1 Å². The number of carbonyl (C=O) groups excluding carboxylic acids is 3. The predicted molar refractivity (Wildman–Crippen MR) is 165 cm³/mol. The second-order valence-corrected chi connectivity index (χ2v) is 12.1. The van der Waals surface area contributed by atoms with Crippen molar-refractivity contribution in [2.75, 3.05) is 32.8 Å². The van der Waals surface area contributed by atoms with Crippen LogP contribution in [0.5, 0.6) is 5.75 Å². The average Bonchev–Trinajstić information content (AvgIpc) is 3.79. The van der Waals surface area contributed by atoms with Gasteiger partial charge in [-0.15, -0.1) is 11.3 Å². The van der Waals surface area contributed by atoms with Crippen LogP contribution in [-0.2, 0) is 4.79 Å². The first-order chi connectivity index (χ1) is 21.4. The fourth-order valence-electron chi connectivity index (χ4n) is 6.10. The quantitative estimate of drug-likeness (QED) is 0.324. The molecule has 2 bridgehead atoms. The van der Waals surface area contributed by atoms with Crippen molar-refractivity contribution in [3.8, 4) is 5.75 Å². The van der Waals surface area contributed by atoms with Crippen LogP contribution in [0.4, 0.5) is 0 Å². The molecule has 1 saturated heterocycles. The first-order valence-corrected chi connectivity index (χ1v) is 15.6. The number of aryl methyl sites for hydroxylation is 1. The summed E-state index contributed by atoms with van der Waals surface area (Å²) in [5.74, 6) is -0.0595. The van der Waals surface area contributed by atoms with Crippen molar-refractivity contribution < 1.29 is 19.1 Å². The van der Waals surface area contributed by atoms with Gasteiger partial charge in [-0.2, -0.15) is 5.10 Å². The molecule has 0 unspecified atom stereocenters. The molecule has 1 N–H and O–H groups in total. The Labute approximate surface area is 257 Å². The molecule has 5 heterocycles. The van der Waals surface area contributed by atoms with Crippen LogP contribution in [0.2, 0.25) is 0 Å². The number of thiazole rings is 1. The summed E-state index contributed by atoms with van der Waals surface area (Å²) >= 11 is 1.50. The number of carbonyl (C=O) groups is 3. The Bertz CT molecular complexity index is 1880. The van der Waals surface area contributed by atoms with Crippen LogP contribution in [0, 0.1) is 6.92 Å². The maximum Gasteiger partial charge on any atom is 0.257 e. The molecule has 5 aromatic rings. The standard InChI is InChI=1S/C32H31N7O4S/c1-20-24(15-33-29-9-10-35-39(20)29)32(42)37-11-2-3-12-43-23-6-4-5-21(13-23)25-16-38(17-27(25)36-30(40)18-37)31(41)22-7-8-26-28(14-22)44-19-34-26/h4-10,13-15,19,25,27H,2-3,11-12,16-18H2,1H3,(H,36,40)/t25-,27+/m1/s1. The van der Waals surface area contributed by atoms with Crippen molar-refractivity contribution in [1.82, 2.24) is 34.7 Å². The molecule has 0 saturated carbocycles. The van der Waals surface area contributed by atoms with Crippen molar-refractivity contribution in [2.24, 2.45) is 0 Å². The lowest BCUT2D eigenvalue weighted by Crippen LogP contribution is -2.47. The van der Waals surface area contributed by atoms with Crippen molar-refractivity contribution in [2.45, 2.75) is 31.7 Å². The summed E-state index contributed by atoms with van der Waals surface area (Å²) in [6.07, 6.45) is 4.56. The lowest BCUT2D eigenvalue weighted by atomic mass is 9.94. The van der Waals surface area contributed by atoms with E-state index in [-0.39, 0.29) is 36.2 Å². The van der Waals surface area contributed by atoms with Crippen LogP contribution in [0.15, 0.2) is 66.4 Å². The molecule has 1 fully saturated rings. The third-order valence-corrected chi connectivity index (χ3v) is 9.21. The molecule has 0 radical (unpaired) electrons. The van der Waals surface area contributed by atoms with E-state index in [1.54, 1.807) is 44.4 Å². The van der Waals surface area contributed by atoms with Crippen molar-refractivity contribution in [3.05, 3.63) is 88.8 Å². The van der Waals surface area contributed by atoms with Gasteiger partial charge in [-0.25, -0.2) is 14.5 Å². The highest BCUT2D eigenvalue weighted by molar-refractivity contribution is 7.16. The molecule has 2 aliphatic heterocycles. The summed E-state index contributed by atoms with van der Waals surface area (Å²) in [5, 5.41) is 7.45. The van der Waals surface area contributed by atoms with Gasteiger partial charge in [0.05, 0.1) is 52.4 Å². The molecule has 3 aromatic heterocycles. The molecule has 7 rings (SSSR count). The SMILES string of the molecule is Cc1c(C(=O)N2CCCCOc3cccc(c3)[C@H]3CN(C(=O)c4ccc5ncsc5c4)C[C@@H]3NC(=O)C2)cnc2ccnn12. The van der Waals surface area contributed by atoms with Crippen LogP contribution >= 0.6 is 11.3 Å². The van der Waals surface area contributed by atoms with Crippen LogP contribution in [0.1, 0.15) is 50.7 Å². The molecule has 2 aromatic carbocycles. The van der Waals surface area contributed by atoms with E-state index in [0.717, 1.165) is 21.5 Å². The number of hydrogen-bond donors (Lipinski definition) is 1. The molecular weight excluding hydrogens is 578 g/mol. The summed E-state index contributed by atoms with van der Waals surface area (Å²) in [5.41, 5.74) is 5.91. The summed E-state index contributed by atoms with van der Waals surface area (Å²) in [6, 6.07) is 14.8. The van der Waals surface area contributed by atoms with E-state index in [4.69, 9.17) is 4.74 Å². The number of ether oxygens (including phenoxy) is 1. The Hall–Kier alpha value is -4.84. The number of rotatable bonds is 2. The van der Waals surface area contributed by atoms with E-state index in [1.807, 2.05) is 43.3 Å². The van der Waals surface area contributed by atoms with Gasteiger partial charge in [-0.3, -0.25) is 14.4 Å². The van der Waals surface area contributed by atoms with Gasteiger partial charge < -0.3 is 19.9 Å². The Balaban J connectivity index is 1.16. The third-order valence-electron chi connectivity index (χ3n) is 8.42. The molecule has 0 aliphatic carbocycles. The minimum absolute atomic E-state index is 0.0961. The lowest BCUT2D eigenvalue weighted by molar-refractivity contribution is -0.122. The Morgan fingerprint density at radius 1 is 1.02 bits per heavy atom. The molecule has 224 valence electrons. The summed E-state index contributed by atoms with van der Waals surface area (Å²) in [4.78, 5) is 53.1. The monoisotopic (exact) mass is 609 g/mol. The number of hydrogen-bond acceptors (Lipinski definition) is 8. The largest absolute Gasteiger partial charge is 0.494 e. The zero-order chi connectivity index (χ0) is 30.2. The number of nitrogens with one attached hydrogen (secondary N) is 1. The summed E-state index contributed by atoms with van der Waals surface area (Å²) < 4.78 is 8.66. The van der Waals surface area contributed by atoms with Crippen molar-refractivity contribution in [3.63, 3.8) is 0 Å². The van der Waals surface area contributed by atoms with Gasteiger partial charge in [0.15, 0.2) is 5.65 Å². The zero-order valence-corrected chi connectivity index (χ0v) is 25.0. The van der Waals surface area contributed by atoms with Gasteiger partial charge in [0.1, 0.15) is 5.75 Å². The third kappa shape index (κ3) is 5.37. The molecule has 0 spiro atoms. The number of benzene rings is 2. The van der Waals surface area contributed by atoms with Crippen LogP contribution in [0.3, 0.4) is 0 Å². The highest BCUT2D eigenvalue weighted by Gasteiger charge is 2.38. The topological polar surface area (TPSA) is 122 Å². The first kappa shape index (κ1) is 28.0. The molecule has 2 aliphatic rings. The highest BCUT2D eigenvalue weighted by atomic mass is 32.1. The van der Waals surface area contributed by atoms with Gasteiger partial charge in [0.25, 0.3) is 11.8 Å². The van der Waals surface area contributed by atoms with Gasteiger partial charge in [0.2, 0.25) is 5.91 Å². The van der Waals surface area contributed by atoms with Crippen LogP contribution < -0.4 is 10.1 Å². The van der Waals surface area contributed by atoms with E-state index in [9.17, 15) is 14.4 Å². The second-order valence-electron chi connectivity index (χ2n) is 11.2.